The molecule has 3 aromatic heterocycles. The summed E-state index contributed by atoms with van der Waals surface area (Å²) in [7, 11) is 1.57. The molecule has 3 aromatic rings. The molecule has 0 unspecified atom stereocenters. The third-order valence-corrected chi connectivity index (χ3v) is 8.43. The van der Waals surface area contributed by atoms with Crippen LogP contribution in [0.4, 0.5) is 10.2 Å². The molecule has 3 aliphatic carbocycles. The molecule has 1 amide bonds. The lowest BCUT2D eigenvalue weighted by Gasteiger charge is -2.54. The van der Waals surface area contributed by atoms with Gasteiger partial charge in [0.05, 0.1) is 30.0 Å². The van der Waals surface area contributed by atoms with E-state index in [-0.39, 0.29) is 41.7 Å². The maximum absolute atomic E-state index is 14.8. The van der Waals surface area contributed by atoms with Crippen LogP contribution < -0.4 is 20.1 Å². The molecule has 0 saturated heterocycles. The van der Waals surface area contributed by atoms with E-state index in [0.29, 0.717) is 47.0 Å². The number of carbonyl (C=O) groups is 1. The highest BCUT2D eigenvalue weighted by Gasteiger charge is 2.48. The average molecular weight is 528 g/mol. The summed E-state index contributed by atoms with van der Waals surface area (Å²) >= 11 is 0. The molecule has 3 saturated carbocycles. The number of amides is 1. The van der Waals surface area contributed by atoms with Gasteiger partial charge in [0.25, 0.3) is 5.91 Å². The largest absolute Gasteiger partial charge is 0.481 e. The predicted octanol–water partition coefficient (Wildman–Crippen LogP) is 4.74. The summed E-state index contributed by atoms with van der Waals surface area (Å²) in [4.78, 5) is 24.9. The summed E-state index contributed by atoms with van der Waals surface area (Å²) in [6, 6.07) is 7.41. The number of aryl methyl sites for hydroxylation is 1. The number of halogens is 2. The number of rotatable bonds is 7. The van der Waals surface area contributed by atoms with Gasteiger partial charge in [-0.3, -0.25) is 9.78 Å². The molecule has 3 fully saturated rings. The van der Waals surface area contributed by atoms with Crippen LogP contribution in [0.1, 0.15) is 56.2 Å². The second-order valence-electron chi connectivity index (χ2n) is 10.4. The average Bonchev–Trinajstić information content (AvgIpc) is 2.92. The number of fused-ring (bicyclic) bond motifs is 5. The topological polar surface area (TPSA) is 98.3 Å². The lowest BCUT2D eigenvalue weighted by Crippen LogP contribution is -2.54. The molecule has 8 nitrogen and oxygen atoms in total. The van der Waals surface area contributed by atoms with Crippen molar-refractivity contribution >= 4 is 35.2 Å². The van der Waals surface area contributed by atoms with Crippen LogP contribution in [0.25, 0.3) is 11.0 Å². The van der Waals surface area contributed by atoms with Crippen LogP contribution in [-0.2, 0) is 17.8 Å². The smallest absolute Gasteiger partial charge is 0.263 e. The highest BCUT2D eigenvalue weighted by atomic mass is 35.5. The van der Waals surface area contributed by atoms with E-state index in [0.717, 1.165) is 50.6 Å². The molecule has 10 heteroatoms. The third kappa shape index (κ3) is 4.94. The molecule has 0 spiro atoms. The van der Waals surface area contributed by atoms with Crippen molar-refractivity contribution < 1.29 is 18.7 Å². The van der Waals surface area contributed by atoms with Crippen molar-refractivity contribution in [2.45, 2.75) is 63.5 Å². The quantitative estimate of drug-likeness (QED) is 0.458. The van der Waals surface area contributed by atoms with E-state index in [9.17, 15) is 9.18 Å². The fourth-order valence-corrected chi connectivity index (χ4v) is 6.10. The minimum absolute atomic E-state index is 0. The van der Waals surface area contributed by atoms with Gasteiger partial charge in [-0.05, 0) is 75.0 Å². The van der Waals surface area contributed by atoms with Gasteiger partial charge in [-0.15, -0.1) is 12.4 Å². The summed E-state index contributed by atoms with van der Waals surface area (Å²) in [5.74, 6) is 1.12. The Morgan fingerprint density at radius 2 is 1.89 bits per heavy atom. The highest BCUT2D eigenvalue weighted by Crippen LogP contribution is 2.54. The van der Waals surface area contributed by atoms with E-state index in [2.05, 4.69) is 25.6 Å². The highest BCUT2D eigenvalue weighted by molar-refractivity contribution is 5.94. The summed E-state index contributed by atoms with van der Waals surface area (Å²) in [5.41, 5.74) is 3.19. The van der Waals surface area contributed by atoms with Crippen LogP contribution in [0.15, 0.2) is 30.5 Å². The van der Waals surface area contributed by atoms with E-state index in [1.54, 1.807) is 13.2 Å². The van der Waals surface area contributed by atoms with Crippen molar-refractivity contribution in [2.75, 3.05) is 19.0 Å². The summed E-state index contributed by atoms with van der Waals surface area (Å²) in [5, 5.41) is 6.56. The summed E-state index contributed by atoms with van der Waals surface area (Å²) in [6.07, 6.45) is 9.60. The molecule has 4 aliphatic rings. The Balaban J connectivity index is 0.00000280. The van der Waals surface area contributed by atoms with Crippen LogP contribution in [0.5, 0.6) is 11.6 Å². The maximum Gasteiger partial charge on any atom is 0.263 e. The molecule has 37 heavy (non-hydrogen) atoms. The Morgan fingerprint density at radius 1 is 1.11 bits per heavy atom. The number of anilines is 1. The van der Waals surface area contributed by atoms with Gasteiger partial charge in [0.2, 0.25) is 5.88 Å². The minimum atomic E-state index is -0.290. The van der Waals surface area contributed by atoms with Crippen LogP contribution in [0.3, 0.4) is 0 Å². The van der Waals surface area contributed by atoms with E-state index in [1.807, 2.05) is 18.2 Å². The second-order valence-corrected chi connectivity index (χ2v) is 10.4. The second kappa shape index (κ2) is 10.0. The van der Waals surface area contributed by atoms with E-state index in [1.165, 1.54) is 6.20 Å². The Bertz CT molecular complexity index is 1310. The van der Waals surface area contributed by atoms with Gasteiger partial charge in [0, 0.05) is 23.7 Å². The fraction of sp³-hybridized carbons (Fsp3) is 0.481. The molecule has 4 heterocycles. The zero-order valence-electron chi connectivity index (χ0n) is 20.8. The number of carbonyl (C=O) groups excluding carboxylic acids is 1. The first kappa shape index (κ1) is 25.6. The van der Waals surface area contributed by atoms with Gasteiger partial charge in [-0.2, -0.15) is 0 Å². The Kier molecular flexibility index (Phi) is 6.93. The molecule has 0 aromatic carbocycles. The first-order valence-electron chi connectivity index (χ1n) is 12.6. The molecule has 7 rings (SSSR count). The molecule has 1 aliphatic heterocycles. The van der Waals surface area contributed by atoms with Gasteiger partial charge in [0.15, 0.2) is 18.2 Å². The Morgan fingerprint density at radius 3 is 2.65 bits per heavy atom. The van der Waals surface area contributed by atoms with Gasteiger partial charge in [-0.1, -0.05) is 0 Å². The number of hydrogen-bond donors (Lipinski definition) is 2. The molecular weight excluding hydrogens is 497 g/mol. The van der Waals surface area contributed by atoms with Crippen LogP contribution >= 0.6 is 12.4 Å². The SMILES string of the molecule is COc1ccc2ncc(F)c(CCC34CCC(NCc5ccc6c(n5)NC(=O)CO6)(CC3)CC4)c2n1.Cl. The van der Waals surface area contributed by atoms with Crippen molar-refractivity contribution in [3.63, 3.8) is 0 Å². The molecule has 2 N–H and O–H groups in total. The van der Waals surface area contributed by atoms with E-state index >= 15 is 0 Å². The van der Waals surface area contributed by atoms with Gasteiger partial charge in [0.1, 0.15) is 5.82 Å². The zero-order chi connectivity index (χ0) is 24.8. The van der Waals surface area contributed by atoms with Crippen LogP contribution in [0, 0.1) is 11.2 Å². The molecular formula is C27H31ClFN5O3. The van der Waals surface area contributed by atoms with Crippen molar-refractivity contribution in [1.29, 1.82) is 0 Å². The first-order chi connectivity index (χ1) is 17.5. The van der Waals surface area contributed by atoms with Gasteiger partial charge in [-0.25, -0.2) is 14.4 Å². The number of ether oxygens (including phenoxy) is 2. The van der Waals surface area contributed by atoms with Crippen molar-refractivity contribution in [3.05, 3.63) is 47.5 Å². The van der Waals surface area contributed by atoms with Crippen molar-refractivity contribution in [3.8, 4) is 11.6 Å². The zero-order valence-corrected chi connectivity index (χ0v) is 21.6. The van der Waals surface area contributed by atoms with Gasteiger partial charge >= 0.3 is 0 Å². The number of nitrogens with one attached hydrogen (secondary N) is 2. The van der Waals surface area contributed by atoms with Gasteiger partial charge < -0.3 is 20.1 Å². The van der Waals surface area contributed by atoms with E-state index in [4.69, 9.17) is 9.47 Å². The number of methoxy groups -OCH3 is 1. The third-order valence-electron chi connectivity index (χ3n) is 8.43. The van der Waals surface area contributed by atoms with E-state index < -0.39 is 0 Å². The predicted molar refractivity (Wildman–Crippen MR) is 140 cm³/mol. The monoisotopic (exact) mass is 527 g/mol. The number of nitrogens with zero attached hydrogens (tertiary/aromatic N) is 3. The standard InChI is InChI=1S/C27H30FN5O3.ClH/c1-35-23-5-3-20-24(33-23)18(19(28)15-29-20)6-7-26-8-11-27(12-9-26,13-10-26)30-14-17-2-4-21-25(31-17)32-22(34)16-36-21;/h2-5,15,30H,6-14,16H2,1H3,(H,31,32,34);1H. The molecule has 196 valence electrons. The minimum Gasteiger partial charge on any atom is -0.481 e. The normalized spacial score (nSPS) is 24.1. The maximum atomic E-state index is 14.8. The molecule has 2 bridgehead atoms. The lowest BCUT2D eigenvalue weighted by atomic mass is 9.55. The first-order valence-corrected chi connectivity index (χ1v) is 12.6. The number of aromatic nitrogens is 3. The number of hydrogen-bond acceptors (Lipinski definition) is 7. The summed E-state index contributed by atoms with van der Waals surface area (Å²) < 4.78 is 25.5. The van der Waals surface area contributed by atoms with Crippen molar-refractivity contribution in [1.82, 2.24) is 20.3 Å². The molecule has 0 atom stereocenters. The summed E-state index contributed by atoms with van der Waals surface area (Å²) in [6.45, 7) is 0.684. The molecule has 0 radical (unpaired) electrons. The van der Waals surface area contributed by atoms with Crippen LogP contribution in [-0.4, -0.2) is 40.1 Å². The Labute approximate surface area is 221 Å². The lowest BCUT2D eigenvalue weighted by molar-refractivity contribution is -0.118. The fourth-order valence-electron chi connectivity index (χ4n) is 6.10. The Hall–Kier alpha value is -3.04. The number of pyridine rings is 3. The van der Waals surface area contributed by atoms with Crippen molar-refractivity contribution in [2.24, 2.45) is 5.41 Å². The van der Waals surface area contributed by atoms with Crippen LogP contribution in [0.2, 0.25) is 0 Å².